The predicted molar refractivity (Wildman–Crippen MR) is 72.1 cm³/mol. The summed E-state index contributed by atoms with van der Waals surface area (Å²) >= 11 is 0. The summed E-state index contributed by atoms with van der Waals surface area (Å²) in [5, 5.41) is 16.0. The summed E-state index contributed by atoms with van der Waals surface area (Å²) in [7, 11) is 0. The van der Waals surface area contributed by atoms with Crippen LogP contribution in [-0.4, -0.2) is 28.7 Å². The van der Waals surface area contributed by atoms with E-state index in [1.165, 1.54) is 0 Å². The third-order valence-electron chi connectivity index (χ3n) is 2.95. The first-order chi connectivity index (χ1) is 9.56. The van der Waals surface area contributed by atoms with Gasteiger partial charge in [-0.25, -0.2) is 0 Å². The number of carbonyl (C=O) groups is 2. The highest BCUT2D eigenvalue weighted by Crippen LogP contribution is 2.17. The molecule has 106 valence electrons. The van der Waals surface area contributed by atoms with E-state index in [2.05, 4.69) is 10.5 Å². The zero-order valence-corrected chi connectivity index (χ0v) is 11.1. The van der Waals surface area contributed by atoms with Crippen molar-refractivity contribution in [1.82, 2.24) is 10.5 Å². The Hall–Kier alpha value is -2.37. The fourth-order valence-corrected chi connectivity index (χ4v) is 1.94. The highest BCUT2D eigenvalue weighted by Gasteiger charge is 2.13. The largest absolute Gasteiger partial charge is 0.481 e. The van der Waals surface area contributed by atoms with E-state index in [1.54, 1.807) is 13.0 Å². The average molecular weight is 276 g/mol. The van der Waals surface area contributed by atoms with Gasteiger partial charge in [0.25, 0.3) is 0 Å². The third kappa shape index (κ3) is 3.57. The lowest BCUT2D eigenvalue weighted by molar-refractivity contribution is -0.138. The van der Waals surface area contributed by atoms with E-state index in [1.807, 2.05) is 18.2 Å². The summed E-state index contributed by atoms with van der Waals surface area (Å²) in [5.41, 5.74) is 1.23. The number of aromatic nitrogens is 1. The van der Waals surface area contributed by atoms with Crippen molar-refractivity contribution in [3.63, 3.8) is 0 Å². The number of rotatable bonds is 6. The number of para-hydroxylation sites is 1. The lowest BCUT2D eigenvalue weighted by Gasteiger charge is -2.09. The Labute approximate surface area is 115 Å². The first-order valence-corrected chi connectivity index (χ1v) is 6.38. The number of hydrogen-bond acceptors (Lipinski definition) is 4. The van der Waals surface area contributed by atoms with Gasteiger partial charge in [0, 0.05) is 18.4 Å². The van der Waals surface area contributed by atoms with Crippen molar-refractivity contribution in [1.29, 1.82) is 0 Å². The van der Waals surface area contributed by atoms with Crippen molar-refractivity contribution < 1.29 is 19.2 Å². The van der Waals surface area contributed by atoms with Gasteiger partial charge < -0.3 is 14.9 Å². The molecule has 2 N–H and O–H groups in total. The Morgan fingerprint density at radius 3 is 2.90 bits per heavy atom. The van der Waals surface area contributed by atoms with Crippen LogP contribution in [0.1, 0.15) is 19.0 Å². The number of nitrogens with zero attached hydrogens (tertiary/aromatic N) is 1. The van der Waals surface area contributed by atoms with E-state index in [0.717, 1.165) is 5.39 Å². The summed E-state index contributed by atoms with van der Waals surface area (Å²) in [4.78, 5) is 22.3. The number of nitrogens with one attached hydrogen (secondary N) is 1. The summed E-state index contributed by atoms with van der Waals surface area (Å²) in [6.45, 7) is 2.11. The standard InChI is InChI=1S/C14H16N2O4/c1-9(6-14(18)19)8-15-13(17)7-11-10-4-2-3-5-12(10)20-16-11/h2-5,9H,6-8H2,1H3,(H,15,17)(H,18,19). The minimum atomic E-state index is -0.866. The molecule has 0 saturated heterocycles. The lowest BCUT2D eigenvalue weighted by atomic mass is 10.1. The van der Waals surface area contributed by atoms with E-state index >= 15 is 0 Å². The van der Waals surface area contributed by atoms with Gasteiger partial charge in [-0.15, -0.1) is 0 Å². The van der Waals surface area contributed by atoms with Gasteiger partial charge in [-0.1, -0.05) is 24.2 Å². The molecule has 0 radical (unpaired) electrons. The maximum atomic E-state index is 11.8. The van der Waals surface area contributed by atoms with Crippen LogP contribution in [0.3, 0.4) is 0 Å². The number of carboxylic acid groups (broad SMARTS) is 1. The molecule has 1 unspecified atom stereocenters. The second-order valence-electron chi connectivity index (χ2n) is 4.81. The molecule has 0 bridgehead atoms. The van der Waals surface area contributed by atoms with Crippen LogP contribution in [0.4, 0.5) is 0 Å². The van der Waals surface area contributed by atoms with Crippen molar-refractivity contribution >= 4 is 22.8 Å². The van der Waals surface area contributed by atoms with Crippen LogP contribution < -0.4 is 5.32 Å². The highest BCUT2D eigenvalue weighted by molar-refractivity contribution is 5.86. The normalized spacial score (nSPS) is 12.2. The molecule has 6 nitrogen and oxygen atoms in total. The molecular formula is C14H16N2O4. The van der Waals surface area contributed by atoms with Gasteiger partial charge in [0.1, 0.15) is 5.69 Å². The maximum absolute atomic E-state index is 11.8. The molecule has 1 heterocycles. The molecule has 2 aromatic rings. The maximum Gasteiger partial charge on any atom is 0.303 e. The molecule has 0 spiro atoms. The van der Waals surface area contributed by atoms with Crippen molar-refractivity contribution in [3.05, 3.63) is 30.0 Å². The molecule has 0 saturated carbocycles. The molecule has 6 heteroatoms. The Bertz CT molecular complexity index is 620. The smallest absolute Gasteiger partial charge is 0.303 e. The number of carbonyl (C=O) groups excluding carboxylic acids is 1. The van der Waals surface area contributed by atoms with Crippen LogP contribution in [0.25, 0.3) is 11.0 Å². The quantitative estimate of drug-likeness (QED) is 0.836. The van der Waals surface area contributed by atoms with Crippen molar-refractivity contribution in [2.24, 2.45) is 5.92 Å². The fourth-order valence-electron chi connectivity index (χ4n) is 1.94. The number of benzene rings is 1. The molecule has 1 aromatic carbocycles. The van der Waals surface area contributed by atoms with Gasteiger partial charge in [0.05, 0.1) is 6.42 Å². The van der Waals surface area contributed by atoms with E-state index < -0.39 is 5.97 Å². The predicted octanol–water partition coefficient (Wildman–Crippen LogP) is 1.60. The SMILES string of the molecule is CC(CNC(=O)Cc1noc2ccccc12)CC(=O)O. The summed E-state index contributed by atoms with van der Waals surface area (Å²) in [6.07, 6.45) is 0.157. The second-order valence-corrected chi connectivity index (χ2v) is 4.81. The number of amides is 1. The minimum absolute atomic E-state index is 0.0349. The van der Waals surface area contributed by atoms with Gasteiger partial charge in [0.2, 0.25) is 5.91 Å². The summed E-state index contributed by atoms with van der Waals surface area (Å²) in [6, 6.07) is 7.33. The van der Waals surface area contributed by atoms with Gasteiger partial charge in [-0.05, 0) is 18.1 Å². The Morgan fingerprint density at radius 2 is 2.15 bits per heavy atom. The molecule has 0 fully saturated rings. The van der Waals surface area contributed by atoms with Gasteiger partial charge in [-0.2, -0.15) is 0 Å². The van der Waals surface area contributed by atoms with Crippen LogP contribution >= 0.6 is 0 Å². The van der Waals surface area contributed by atoms with Crippen LogP contribution in [0.2, 0.25) is 0 Å². The van der Waals surface area contributed by atoms with E-state index in [0.29, 0.717) is 17.8 Å². The van der Waals surface area contributed by atoms with Crippen LogP contribution in [0.5, 0.6) is 0 Å². The van der Waals surface area contributed by atoms with Crippen molar-refractivity contribution in [2.45, 2.75) is 19.8 Å². The van der Waals surface area contributed by atoms with Crippen molar-refractivity contribution in [3.8, 4) is 0 Å². The zero-order valence-electron chi connectivity index (χ0n) is 11.1. The highest BCUT2D eigenvalue weighted by atomic mass is 16.5. The Morgan fingerprint density at radius 1 is 1.40 bits per heavy atom. The molecule has 0 aliphatic rings. The molecule has 1 amide bonds. The van der Waals surface area contributed by atoms with E-state index in [9.17, 15) is 9.59 Å². The lowest BCUT2D eigenvalue weighted by Crippen LogP contribution is -2.30. The van der Waals surface area contributed by atoms with Gasteiger partial charge >= 0.3 is 5.97 Å². The molecular weight excluding hydrogens is 260 g/mol. The zero-order chi connectivity index (χ0) is 14.5. The van der Waals surface area contributed by atoms with Gasteiger partial charge in [0.15, 0.2) is 5.58 Å². The van der Waals surface area contributed by atoms with Crippen molar-refractivity contribution in [2.75, 3.05) is 6.54 Å². The average Bonchev–Trinajstić information content (AvgIpc) is 2.79. The van der Waals surface area contributed by atoms with Crippen LogP contribution in [0.15, 0.2) is 28.8 Å². The van der Waals surface area contributed by atoms with Crippen LogP contribution in [0, 0.1) is 5.92 Å². The molecule has 1 atom stereocenters. The minimum Gasteiger partial charge on any atom is -0.481 e. The first-order valence-electron chi connectivity index (χ1n) is 6.38. The topological polar surface area (TPSA) is 92.4 Å². The number of fused-ring (bicyclic) bond motifs is 1. The van der Waals surface area contributed by atoms with E-state index in [-0.39, 0.29) is 24.7 Å². The Kier molecular flexibility index (Phi) is 4.34. The number of carboxylic acids is 1. The third-order valence-corrected chi connectivity index (χ3v) is 2.95. The molecule has 0 aliphatic heterocycles. The first kappa shape index (κ1) is 14.0. The molecule has 0 aliphatic carbocycles. The fraction of sp³-hybridized carbons (Fsp3) is 0.357. The monoisotopic (exact) mass is 276 g/mol. The summed E-state index contributed by atoms with van der Waals surface area (Å²) in [5.74, 6) is -1.17. The van der Waals surface area contributed by atoms with E-state index in [4.69, 9.17) is 9.63 Å². The molecule has 2 rings (SSSR count). The van der Waals surface area contributed by atoms with Crippen LogP contribution in [-0.2, 0) is 16.0 Å². The summed E-state index contributed by atoms with van der Waals surface area (Å²) < 4.78 is 5.12. The van der Waals surface area contributed by atoms with Gasteiger partial charge in [-0.3, -0.25) is 9.59 Å². The Balaban J connectivity index is 1.90. The molecule has 1 aromatic heterocycles. The number of aliphatic carboxylic acids is 1. The number of hydrogen-bond donors (Lipinski definition) is 2. The second kappa shape index (κ2) is 6.18. The molecule has 20 heavy (non-hydrogen) atoms.